The number of hydrogen-bond acceptors (Lipinski definition) is 2. The van der Waals surface area contributed by atoms with Gasteiger partial charge in [0.1, 0.15) is 0 Å². The molecule has 6 heteroatoms. The van der Waals surface area contributed by atoms with Crippen molar-refractivity contribution < 1.29 is 4.79 Å². The highest BCUT2D eigenvalue weighted by Crippen LogP contribution is 2.33. The fourth-order valence-electron chi connectivity index (χ4n) is 1.58. The van der Waals surface area contributed by atoms with E-state index < -0.39 is 9.58 Å². The maximum Gasteiger partial charge on any atom is 0.255 e. The number of alkyl halides is 3. The lowest BCUT2D eigenvalue weighted by Crippen LogP contribution is -2.21. The molecule has 0 N–H and O–H groups in total. The Morgan fingerprint density at radius 3 is 2.32 bits per heavy atom. The molecule has 2 aromatic rings. The summed E-state index contributed by atoms with van der Waals surface area (Å²) >= 11 is 18.4. The van der Waals surface area contributed by atoms with E-state index in [9.17, 15) is 4.79 Å². The molecule has 0 fully saturated rings. The molecule has 19 heavy (non-hydrogen) atoms. The van der Waals surface area contributed by atoms with Crippen molar-refractivity contribution in [3.05, 3.63) is 48.2 Å². The van der Waals surface area contributed by atoms with Crippen molar-refractivity contribution in [3.8, 4) is 0 Å². The topological polar surface area (TPSA) is 22.0 Å². The van der Waals surface area contributed by atoms with Crippen molar-refractivity contribution in [3.63, 3.8) is 0 Å². The van der Waals surface area contributed by atoms with E-state index >= 15 is 0 Å². The van der Waals surface area contributed by atoms with Gasteiger partial charge < -0.3 is 4.57 Å². The molecule has 1 heterocycles. The molecule has 0 aliphatic rings. The standard InChI is InChI=1S/C13H10Cl3NOS/c1-17-10(12(18)13(14,15)16)7-8-11(17)19-9-5-3-2-4-6-9/h2-8H,1H3. The monoisotopic (exact) mass is 333 g/mol. The minimum absolute atomic E-state index is 0.374. The third-order valence-electron chi connectivity index (χ3n) is 2.53. The quantitative estimate of drug-likeness (QED) is 0.598. The number of aromatic nitrogens is 1. The molecular weight excluding hydrogens is 325 g/mol. The fraction of sp³-hybridized carbons (Fsp3) is 0.154. The van der Waals surface area contributed by atoms with Gasteiger partial charge in [-0.1, -0.05) is 64.8 Å². The summed E-state index contributed by atoms with van der Waals surface area (Å²) in [5.74, 6) is -0.528. The van der Waals surface area contributed by atoms with Gasteiger partial charge in [0.25, 0.3) is 3.79 Å². The molecule has 2 nitrogen and oxygen atoms in total. The average molecular weight is 335 g/mol. The summed E-state index contributed by atoms with van der Waals surface area (Å²) in [4.78, 5) is 13.0. The summed E-state index contributed by atoms with van der Waals surface area (Å²) in [6, 6.07) is 13.4. The van der Waals surface area contributed by atoms with E-state index in [1.807, 2.05) is 36.4 Å². The summed E-state index contributed by atoms with van der Waals surface area (Å²) in [5.41, 5.74) is 0.374. The second-order valence-corrected chi connectivity index (χ2v) is 7.23. The van der Waals surface area contributed by atoms with Crippen LogP contribution in [0.2, 0.25) is 0 Å². The zero-order valence-electron chi connectivity index (χ0n) is 9.94. The second kappa shape index (κ2) is 5.80. The number of Topliss-reactive ketones (excluding diaryl/α,β-unsaturated/α-hetero) is 1. The van der Waals surface area contributed by atoms with Crippen LogP contribution < -0.4 is 0 Å². The summed E-state index contributed by atoms with van der Waals surface area (Å²) in [5, 5.41) is 0.906. The Kier molecular flexibility index (Phi) is 4.51. The summed E-state index contributed by atoms with van der Waals surface area (Å²) in [6.07, 6.45) is 0. The SMILES string of the molecule is Cn1c(Sc2ccccc2)ccc1C(=O)C(Cl)(Cl)Cl. The van der Waals surface area contributed by atoms with Crippen molar-refractivity contribution >= 4 is 52.3 Å². The van der Waals surface area contributed by atoms with Gasteiger partial charge >= 0.3 is 0 Å². The van der Waals surface area contributed by atoms with Gasteiger partial charge in [-0.05, 0) is 24.3 Å². The van der Waals surface area contributed by atoms with Crippen LogP contribution in [0.4, 0.5) is 0 Å². The van der Waals surface area contributed by atoms with Crippen molar-refractivity contribution in [1.29, 1.82) is 0 Å². The molecule has 0 spiro atoms. The first-order valence-electron chi connectivity index (χ1n) is 5.40. The largest absolute Gasteiger partial charge is 0.336 e. The molecule has 0 aliphatic carbocycles. The van der Waals surface area contributed by atoms with E-state index in [0.29, 0.717) is 5.69 Å². The van der Waals surface area contributed by atoms with Gasteiger partial charge in [0.05, 0.1) is 10.7 Å². The first-order valence-corrected chi connectivity index (χ1v) is 7.35. The highest BCUT2D eigenvalue weighted by Gasteiger charge is 2.33. The molecule has 0 bridgehead atoms. The summed E-state index contributed by atoms with van der Waals surface area (Å²) < 4.78 is -0.206. The summed E-state index contributed by atoms with van der Waals surface area (Å²) in [7, 11) is 1.77. The van der Waals surface area contributed by atoms with Gasteiger partial charge in [0.15, 0.2) is 0 Å². The molecule has 2 rings (SSSR count). The van der Waals surface area contributed by atoms with E-state index in [1.165, 1.54) is 0 Å². The van der Waals surface area contributed by atoms with Crippen LogP contribution in [-0.2, 0) is 7.05 Å². The van der Waals surface area contributed by atoms with Gasteiger partial charge in [-0.3, -0.25) is 4.79 Å². The molecular formula is C13H10Cl3NOS. The molecule has 1 aromatic heterocycles. The van der Waals surface area contributed by atoms with Crippen LogP contribution in [0.5, 0.6) is 0 Å². The maximum absolute atomic E-state index is 11.9. The van der Waals surface area contributed by atoms with Crippen LogP contribution in [0.3, 0.4) is 0 Å². The first kappa shape index (κ1) is 14.8. The van der Waals surface area contributed by atoms with Gasteiger partial charge in [-0.25, -0.2) is 0 Å². The molecule has 0 amide bonds. The van der Waals surface area contributed by atoms with E-state index in [1.54, 1.807) is 29.4 Å². The Hall–Kier alpha value is -0.610. The molecule has 0 unspecified atom stereocenters. The average Bonchev–Trinajstić information content (AvgIpc) is 2.70. The number of ketones is 1. The second-order valence-electron chi connectivity index (χ2n) is 3.86. The zero-order valence-corrected chi connectivity index (χ0v) is 13.0. The van der Waals surface area contributed by atoms with Crippen LogP contribution in [0.1, 0.15) is 10.5 Å². The summed E-state index contributed by atoms with van der Waals surface area (Å²) in [6.45, 7) is 0. The third-order valence-corrected chi connectivity index (χ3v) is 4.17. The number of carbonyl (C=O) groups excluding carboxylic acids is 1. The van der Waals surface area contributed by atoms with Crippen molar-refractivity contribution in [2.24, 2.45) is 7.05 Å². The lowest BCUT2D eigenvalue weighted by atomic mass is 10.3. The highest BCUT2D eigenvalue weighted by atomic mass is 35.6. The molecule has 0 saturated heterocycles. The molecule has 0 atom stereocenters. The number of carbonyl (C=O) groups is 1. The van der Waals surface area contributed by atoms with Crippen molar-refractivity contribution in [1.82, 2.24) is 4.57 Å². The van der Waals surface area contributed by atoms with Crippen molar-refractivity contribution in [2.45, 2.75) is 13.7 Å². The van der Waals surface area contributed by atoms with E-state index in [-0.39, 0.29) is 0 Å². The third kappa shape index (κ3) is 3.48. The number of halogens is 3. The lowest BCUT2D eigenvalue weighted by molar-refractivity contribution is 0.0988. The maximum atomic E-state index is 11.9. The lowest BCUT2D eigenvalue weighted by Gasteiger charge is -2.11. The molecule has 0 radical (unpaired) electrons. The number of hydrogen-bond donors (Lipinski definition) is 0. The highest BCUT2D eigenvalue weighted by molar-refractivity contribution is 7.99. The van der Waals surface area contributed by atoms with Crippen LogP contribution in [0.15, 0.2) is 52.4 Å². The Bertz CT molecular complexity index is 590. The number of benzene rings is 1. The van der Waals surface area contributed by atoms with Crippen molar-refractivity contribution in [2.75, 3.05) is 0 Å². The van der Waals surface area contributed by atoms with Crippen LogP contribution in [-0.4, -0.2) is 14.1 Å². The first-order chi connectivity index (χ1) is 8.89. The van der Waals surface area contributed by atoms with Crippen LogP contribution in [0.25, 0.3) is 0 Å². The minimum Gasteiger partial charge on any atom is -0.336 e. The number of rotatable bonds is 3. The minimum atomic E-state index is -1.93. The van der Waals surface area contributed by atoms with Gasteiger partial charge in [-0.2, -0.15) is 0 Å². The van der Waals surface area contributed by atoms with Gasteiger partial charge in [0.2, 0.25) is 5.78 Å². The van der Waals surface area contributed by atoms with Crippen LogP contribution >= 0.6 is 46.6 Å². The molecule has 1 aromatic carbocycles. The molecule has 0 saturated carbocycles. The molecule has 100 valence electrons. The van der Waals surface area contributed by atoms with Gasteiger partial charge in [0, 0.05) is 11.9 Å². The predicted molar refractivity (Wildman–Crippen MR) is 80.6 cm³/mol. The Labute approximate surface area is 130 Å². The normalized spacial score (nSPS) is 11.6. The van der Waals surface area contributed by atoms with E-state index in [4.69, 9.17) is 34.8 Å². The zero-order chi connectivity index (χ0) is 14.0. The predicted octanol–water partition coefficient (Wildman–Crippen LogP) is 4.73. The Balaban J connectivity index is 2.27. The fourth-order valence-corrected chi connectivity index (χ4v) is 2.77. The smallest absolute Gasteiger partial charge is 0.255 e. The molecule has 0 aliphatic heterocycles. The number of nitrogens with zero attached hydrogens (tertiary/aromatic N) is 1. The van der Waals surface area contributed by atoms with Crippen LogP contribution in [0, 0.1) is 0 Å². The van der Waals surface area contributed by atoms with Gasteiger partial charge in [-0.15, -0.1) is 0 Å². The Morgan fingerprint density at radius 2 is 1.74 bits per heavy atom. The Morgan fingerprint density at radius 1 is 1.11 bits per heavy atom. The van der Waals surface area contributed by atoms with E-state index in [2.05, 4.69) is 0 Å². The van der Waals surface area contributed by atoms with E-state index in [0.717, 1.165) is 9.92 Å².